The summed E-state index contributed by atoms with van der Waals surface area (Å²) in [6.07, 6.45) is 0.430. The first-order valence-electron chi connectivity index (χ1n) is 8.70. The first kappa shape index (κ1) is 17.9. The Morgan fingerprint density at radius 2 is 2.00 bits per heavy atom. The minimum Gasteiger partial charge on any atom is -0.504 e. The van der Waals surface area contributed by atoms with E-state index in [2.05, 4.69) is 10.4 Å². The van der Waals surface area contributed by atoms with Gasteiger partial charge in [-0.25, -0.2) is 4.68 Å². The van der Waals surface area contributed by atoms with Gasteiger partial charge in [0.2, 0.25) is 0 Å². The average Bonchev–Trinajstić information content (AvgIpc) is 3.12. The van der Waals surface area contributed by atoms with Gasteiger partial charge in [0.15, 0.2) is 11.4 Å². The van der Waals surface area contributed by atoms with Gasteiger partial charge in [-0.05, 0) is 30.3 Å². The second-order valence-electron chi connectivity index (χ2n) is 6.38. The lowest BCUT2D eigenvalue weighted by Gasteiger charge is -2.30. The van der Waals surface area contributed by atoms with Crippen LogP contribution in [0.25, 0.3) is 5.69 Å². The van der Waals surface area contributed by atoms with Crippen molar-refractivity contribution in [2.24, 2.45) is 0 Å². The van der Waals surface area contributed by atoms with Gasteiger partial charge in [-0.1, -0.05) is 18.2 Å². The fourth-order valence-electron chi connectivity index (χ4n) is 3.09. The van der Waals surface area contributed by atoms with Crippen molar-refractivity contribution in [3.8, 4) is 22.9 Å². The molecule has 4 rings (SSSR count). The van der Waals surface area contributed by atoms with Crippen LogP contribution in [-0.4, -0.2) is 45.7 Å². The second kappa shape index (κ2) is 7.24. The van der Waals surface area contributed by atoms with E-state index in [0.29, 0.717) is 22.7 Å². The maximum Gasteiger partial charge on any atom is 0.276 e. The van der Waals surface area contributed by atoms with Gasteiger partial charge >= 0.3 is 0 Å². The number of aromatic nitrogens is 2. The largest absolute Gasteiger partial charge is 0.504 e. The van der Waals surface area contributed by atoms with E-state index < -0.39 is 18.1 Å². The Kier molecular flexibility index (Phi) is 4.62. The topological polar surface area (TPSA) is 106 Å². The molecule has 1 amide bonds. The number of nitrogens with one attached hydrogen (secondary N) is 1. The number of methoxy groups -OCH3 is 1. The molecule has 2 aromatic carbocycles. The number of nitrogens with zero attached hydrogens (tertiary/aromatic N) is 2. The number of para-hydroxylation sites is 1. The SMILES string of the molecule is COc1ccc(-n2cc(O)c(C(=O)NC3COc4ccccc4C3O)n2)cc1. The van der Waals surface area contributed by atoms with Crippen LogP contribution >= 0.6 is 0 Å². The van der Waals surface area contributed by atoms with E-state index in [4.69, 9.17) is 9.47 Å². The molecule has 1 aromatic heterocycles. The summed E-state index contributed by atoms with van der Waals surface area (Å²) in [5, 5.41) is 27.5. The molecule has 28 heavy (non-hydrogen) atoms. The number of carbonyl (C=O) groups is 1. The monoisotopic (exact) mass is 381 g/mol. The molecule has 8 nitrogen and oxygen atoms in total. The number of fused-ring (bicyclic) bond motifs is 1. The van der Waals surface area contributed by atoms with Gasteiger partial charge in [-0.3, -0.25) is 4.79 Å². The highest BCUT2D eigenvalue weighted by atomic mass is 16.5. The van der Waals surface area contributed by atoms with E-state index in [9.17, 15) is 15.0 Å². The van der Waals surface area contributed by atoms with Crippen LogP contribution in [0.4, 0.5) is 0 Å². The summed E-state index contributed by atoms with van der Waals surface area (Å²) in [5.74, 6) is 0.411. The zero-order chi connectivity index (χ0) is 19.7. The molecule has 0 radical (unpaired) electrons. The standard InChI is InChI=1S/C20H19N3O5/c1-27-13-8-6-12(7-9-13)23-10-16(24)18(22-23)20(26)21-15-11-28-17-5-3-2-4-14(17)19(15)25/h2-10,15,19,24-25H,11H2,1H3,(H,21,26). The Labute approximate surface area is 160 Å². The molecule has 0 aliphatic carbocycles. The number of rotatable bonds is 4. The number of amides is 1. The van der Waals surface area contributed by atoms with Crippen molar-refractivity contribution in [2.75, 3.05) is 13.7 Å². The molecule has 0 bridgehead atoms. The average molecular weight is 381 g/mol. The molecule has 2 atom stereocenters. The molecule has 3 N–H and O–H groups in total. The summed E-state index contributed by atoms with van der Waals surface area (Å²) in [6.45, 7) is 0.115. The summed E-state index contributed by atoms with van der Waals surface area (Å²) < 4.78 is 12.1. The minimum atomic E-state index is -0.917. The molecule has 8 heteroatoms. The Hall–Kier alpha value is -3.52. The van der Waals surface area contributed by atoms with E-state index in [0.717, 1.165) is 0 Å². The quantitative estimate of drug-likeness (QED) is 0.637. The highest BCUT2D eigenvalue weighted by molar-refractivity contribution is 5.95. The molecule has 0 spiro atoms. The molecule has 0 fully saturated rings. The lowest BCUT2D eigenvalue weighted by atomic mass is 9.99. The van der Waals surface area contributed by atoms with Gasteiger partial charge in [0.05, 0.1) is 25.0 Å². The van der Waals surface area contributed by atoms with Crippen molar-refractivity contribution >= 4 is 5.91 Å². The van der Waals surface area contributed by atoms with Gasteiger partial charge in [0, 0.05) is 5.56 Å². The molecule has 2 heterocycles. The van der Waals surface area contributed by atoms with Crippen molar-refractivity contribution in [2.45, 2.75) is 12.1 Å². The molecule has 0 saturated carbocycles. The predicted molar refractivity (Wildman–Crippen MR) is 99.9 cm³/mol. The first-order chi connectivity index (χ1) is 13.6. The Balaban J connectivity index is 1.52. The van der Waals surface area contributed by atoms with Crippen LogP contribution < -0.4 is 14.8 Å². The summed E-state index contributed by atoms with van der Waals surface area (Å²) in [4.78, 5) is 12.6. The molecular weight excluding hydrogens is 362 g/mol. The van der Waals surface area contributed by atoms with Gasteiger partial charge < -0.3 is 25.0 Å². The van der Waals surface area contributed by atoms with Crippen LogP contribution in [0, 0.1) is 0 Å². The van der Waals surface area contributed by atoms with Crippen LogP contribution in [-0.2, 0) is 0 Å². The van der Waals surface area contributed by atoms with Gasteiger partial charge in [0.1, 0.15) is 24.2 Å². The number of benzene rings is 2. The molecule has 2 unspecified atom stereocenters. The Bertz CT molecular complexity index is 999. The summed E-state index contributed by atoms with van der Waals surface area (Å²) in [6, 6.07) is 13.5. The lowest BCUT2D eigenvalue weighted by Crippen LogP contribution is -2.45. The summed E-state index contributed by atoms with van der Waals surface area (Å²) >= 11 is 0. The van der Waals surface area contributed by atoms with Gasteiger partial charge in [-0.15, -0.1) is 0 Å². The lowest BCUT2D eigenvalue weighted by molar-refractivity contribution is 0.0612. The van der Waals surface area contributed by atoms with E-state index in [-0.39, 0.29) is 18.1 Å². The van der Waals surface area contributed by atoms with Crippen molar-refractivity contribution in [3.05, 3.63) is 66.0 Å². The number of aliphatic hydroxyl groups is 1. The second-order valence-corrected chi connectivity index (χ2v) is 6.38. The van der Waals surface area contributed by atoms with Gasteiger partial charge in [-0.2, -0.15) is 5.10 Å². The third-order valence-electron chi connectivity index (χ3n) is 4.60. The summed E-state index contributed by atoms with van der Waals surface area (Å²) in [7, 11) is 1.57. The van der Waals surface area contributed by atoms with Crippen molar-refractivity contribution in [3.63, 3.8) is 0 Å². The third kappa shape index (κ3) is 3.25. The maximum absolute atomic E-state index is 12.6. The number of aromatic hydroxyl groups is 1. The van der Waals surface area contributed by atoms with Crippen LogP contribution in [0.5, 0.6) is 17.2 Å². The van der Waals surface area contributed by atoms with Crippen LogP contribution in [0.15, 0.2) is 54.7 Å². The zero-order valence-corrected chi connectivity index (χ0v) is 15.1. The smallest absolute Gasteiger partial charge is 0.276 e. The molecular formula is C20H19N3O5. The number of hydrogen-bond acceptors (Lipinski definition) is 6. The third-order valence-corrected chi connectivity index (χ3v) is 4.60. The Morgan fingerprint density at radius 1 is 1.25 bits per heavy atom. The fourth-order valence-corrected chi connectivity index (χ4v) is 3.09. The van der Waals surface area contributed by atoms with Crippen LogP contribution in [0.3, 0.4) is 0 Å². The first-order valence-corrected chi connectivity index (χ1v) is 8.70. The van der Waals surface area contributed by atoms with E-state index in [1.807, 2.05) is 6.07 Å². The van der Waals surface area contributed by atoms with Crippen LogP contribution in [0.1, 0.15) is 22.2 Å². The molecule has 1 aliphatic heterocycles. The van der Waals surface area contributed by atoms with Crippen LogP contribution in [0.2, 0.25) is 0 Å². The number of carbonyl (C=O) groups excluding carboxylic acids is 1. The molecule has 1 aliphatic rings. The van der Waals surface area contributed by atoms with E-state index >= 15 is 0 Å². The minimum absolute atomic E-state index is 0.115. The predicted octanol–water partition coefficient (Wildman–Crippen LogP) is 1.81. The Morgan fingerprint density at radius 3 is 2.75 bits per heavy atom. The van der Waals surface area contributed by atoms with Crippen molar-refractivity contribution in [1.82, 2.24) is 15.1 Å². The molecule has 0 saturated heterocycles. The highest BCUT2D eigenvalue weighted by Gasteiger charge is 2.31. The van der Waals surface area contributed by atoms with Gasteiger partial charge in [0.25, 0.3) is 5.91 Å². The fraction of sp³-hybridized carbons (Fsp3) is 0.200. The number of hydrogen-bond donors (Lipinski definition) is 3. The maximum atomic E-state index is 12.6. The number of ether oxygens (including phenoxy) is 2. The molecule has 3 aromatic rings. The summed E-state index contributed by atoms with van der Waals surface area (Å²) in [5.41, 5.74) is 1.12. The highest BCUT2D eigenvalue weighted by Crippen LogP contribution is 2.32. The normalized spacial score (nSPS) is 18.1. The number of aliphatic hydroxyl groups excluding tert-OH is 1. The van der Waals surface area contributed by atoms with E-state index in [1.165, 1.54) is 10.9 Å². The van der Waals surface area contributed by atoms with Crippen molar-refractivity contribution in [1.29, 1.82) is 0 Å². The van der Waals surface area contributed by atoms with Crippen molar-refractivity contribution < 1.29 is 24.5 Å². The van der Waals surface area contributed by atoms with E-state index in [1.54, 1.807) is 49.6 Å². The molecule has 144 valence electrons. The zero-order valence-electron chi connectivity index (χ0n) is 15.1.